The zero-order valence-electron chi connectivity index (χ0n) is 19.6. The quantitative estimate of drug-likeness (QED) is 0.362. The summed E-state index contributed by atoms with van der Waals surface area (Å²) in [4.78, 5) is 13.4. The second-order valence-corrected chi connectivity index (χ2v) is 10.5. The molecule has 1 aliphatic rings. The number of nitro benzene ring substituents is 1. The van der Waals surface area contributed by atoms with E-state index in [2.05, 4.69) is 9.62 Å². The monoisotopic (exact) mass is 459 g/mol. The van der Waals surface area contributed by atoms with Gasteiger partial charge in [0.2, 0.25) is 10.0 Å². The highest BCUT2D eigenvalue weighted by Gasteiger charge is 2.23. The second-order valence-electron chi connectivity index (χ2n) is 8.80. The average molecular weight is 460 g/mol. The van der Waals surface area contributed by atoms with Crippen LogP contribution in [0.4, 0.5) is 5.69 Å². The molecule has 32 heavy (non-hydrogen) atoms. The number of hydrogen-bond donors (Lipinski definition) is 1. The van der Waals surface area contributed by atoms with Crippen LogP contribution in [0, 0.1) is 44.7 Å². The molecule has 174 valence electrons. The lowest BCUT2D eigenvalue weighted by molar-refractivity contribution is -0.385. The van der Waals surface area contributed by atoms with E-state index in [0.717, 1.165) is 65.7 Å². The van der Waals surface area contributed by atoms with Crippen molar-refractivity contribution in [2.45, 2.75) is 65.3 Å². The first kappa shape index (κ1) is 24.4. The van der Waals surface area contributed by atoms with E-state index in [1.165, 1.54) is 5.56 Å². The Morgan fingerprint density at radius 1 is 0.969 bits per heavy atom. The largest absolute Gasteiger partial charge is 0.299 e. The van der Waals surface area contributed by atoms with Crippen molar-refractivity contribution in [3.05, 3.63) is 67.3 Å². The molecule has 1 N–H and O–H groups in total. The van der Waals surface area contributed by atoms with Gasteiger partial charge in [0.25, 0.3) is 5.69 Å². The number of nitrogens with zero attached hydrogens (tertiary/aromatic N) is 2. The van der Waals surface area contributed by atoms with Gasteiger partial charge in [0.15, 0.2) is 0 Å². The molecule has 7 nitrogen and oxygen atoms in total. The number of benzene rings is 2. The van der Waals surface area contributed by atoms with E-state index in [0.29, 0.717) is 18.0 Å². The number of nitrogens with one attached hydrogen (secondary N) is 1. The van der Waals surface area contributed by atoms with Gasteiger partial charge in [0, 0.05) is 31.8 Å². The molecule has 0 atom stereocenters. The predicted octanol–water partition coefficient (Wildman–Crippen LogP) is 4.25. The third-order valence-corrected chi connectivity index (χ3v) is 8.62. The Hall–Kier alpha value is -2.29. The van der Waals surface area contributed by atoms with Gasteiger partial charge >= 0.3 is 0 Å². The van der Waals surface area contributed by atoms with Gasteiger partial charge in [-0.15, -0.1) is 0 Å². The Morgan fingerprint density at radius 2 is 1.59 bits per heavy atom. The van der Waals surface area contributed by atoms with Gasteiger partial charge in [0.1, 0.15) is 0 Å². The van der Waals surface area contributed by atoms with Crippen LogP contribution < -0.4 is 4.72 Å². The topological polar surface area (TPSA) is 92.6 Å². The van der Waals surface area contributed by atoms with Crippen LogP contribution in [0.3, 0.4) is 0 Å². The van der Waals surface area contributed by atoms with Gasteiger partial charge in [-0.3, -0.25) is 15.0 Å². The fourth-order valence-electron chi connectivity index (χ4n) is 4.51. The first-order chi connectivity index (χ1) is 15.0. The van der Waals surface area contributed by atoms with Gasteiger partial charge in [-0.25, -0.2) is 13.1 Å². The van der Waals surface area contributed by atoms with E-state index in [9.17, 15) is 18.5 Å². The Labute approximate surface area is 191 Å². The molecule has 2 aromatic carbocycles. The van der Waals surface area contributed by atoms with E-state index in [4.69, 9.17) is 0 Å². The van der Waals surface area contributed by atoms with E-state index in [1.54, 1.807) is 12.1 Å². The van der Waals surface area contributed by atoms with Crippen molar-refractivity contribution in [3.63, 3.8) is 0 Å². The van der Waals surface area contributed by atoms with Crippen molar-refractivity contribution in [2.75, 3.05) is 19.6 Å². The van der Waals surface area contributed by atoms with E-state index >= 15 is 0 Å². The van der Waals surface area contributed by atoms with Crippen molar-refractivity contribution in [1.29, 1.82) is 0 Å². The molecule has 1 heterocycles. The molecule has 0 fully saturated rings. The molecule has 0 spiro atoms. The summed E-state index contributed by atoms with van der Waals surface area (Å²) in [7, 11) is -3.57. The molecule has 0 radical (unpaired) electrons. The molecule has 1 aliphatic heterocycles. The minimum Gasteiger partial charge on any atom is -0.299 e. The molecule has 0 saturated heterocycles. The highest BCUT2D eigenvalue weighted by Crippen LogP contribution is 2.29. The maximum absolute atomic E-state index is 13.0. The fourth-order valence-corrected chi connectivity index (χ4v) is 6.18. The van der Waals surface area contributed by atoms with Crippen molar-refractivity contribution in [2.24, 2.45) is 0 Å². The standard InChI is InChI=1S/C24H33N3O4S/c1-16-17(2)19(4)24(20(5)18(16)3)32(30,31)25-11-6-7-12-26-13-10-21-8-9-23(27(28)29)14-22(21)15-26/h8-9,14,25H,6-7,10-13,15H2,1-5H3. The van der Waals surface area contributed by atoms with E-state index in [-0.39, 0.29) is 10.6 Å². The first-order valence-corrected chi connectivity index (χ1v) is 12.6. The Morgan fingerprint density at radius 3 is 2.22 bits per heavy atom. The lowest BCUT2D eigenvalue weighted by Crippen LogP contribution is -2.32. The lowest BCUT2D eigenvalue weighted by Gasteiger charge is -2.28. The Kier molecular flexibility index (Phi) is 7.37. The molecule has 0 bridgehead atoms. The number of non-ortho nitro benzene ring substituents is 1. The van der Waals surface area contributed by atoms with Crippen LogP contribution in [0.2, 0.25) is 0 Å². The minimum absolute atomic E-state index is 0.132. The molecule has 0 amide bonds. The van der Waals surface area contributed by atoms with Crippen LogP contribution in [0.25, 0.3) is 0 Å². The highest BCUT2D eigenvalue weighted by molar-refractivity contribution is 7.89. The fraction of sp³-hybridized carbons (Fsp3) is 0.500. The SMILES string of the molecule is Cc1c(C)c(C)c(S(=O)(=O)NCCCCN2CCc3ccc([N+](=O)[O-])cc3C2)c(C)c1C. The highest BCUT2D eigenvalue weighted by atomic mass is 32.2. The van der Waals surface area contributed by atoms with Crippen LogP contribution >= 0.6 is 0 Å². The lowest BCUT2D eigenvalue weighted by atomic mass is 9.95. The molecule has 2 aromatic rings. The summed E-state index contributed by atoms with van der Waals surface area (Å²) in [5.41, 5.74) is 7.16. The van der Waals surface area contributed by atoms with Crippen LogP contribution in [-0.2, 0) is 23.0 Å². The summed E-state index contributed by atoms with van der Waals surface area (Å²) in [5.74, 6) is 0. The zero-order chi connectivity index (χ0) is 23.6. The van der Waals surface area contributed by atoms with E-state index in [1.807, 2.05) is 40.7 Å². The summed E-state index contributed by atoms with van der Waals surface area (Å²) >= 11 is 0. The number of hydrogen-bond acceptors (Lipinski definition) is 5. The predicted molar refractivity (Wildman–Crippen MR) is 127 cm³/mol. The first-order valence-electron chi connectivity index (χ1n) is 11.1. The molecule has 0 aromatic heterocycles. The second kappa shape index (κ2) is 9.68. The molecule has 0 unspecified atom stereocenters. The van der Waals surface area contributed by atoms with Gasteiger partial charge in [-0.05, 0) is 99.4 Å². The zero-order valence-corrected chi connectivity index (χ0v) is 20.4. The van der Waals surface area contributed by atoms with Crippen molar-refractivity contribution >= 4 is 15.7 Å². The number of unbranched alkanes of at least 4 members (excludes halogenated alkanes) is 1. The van der Waals surface area contributed by atoms with Gasteiger partial charge in [-0.1, -0.05) is 6.07 Å². The van der Waals surface area contributed by atoms with Gasteiger partial charge in [0.05, 0.1) is 9.82 Å². The number of rotatable bonds is 8. The molecular formula is C24H33N3O4S. The third kappa shape index (κ3) is 5.03. The Bertz CT molecular complexity index is 1110. The van der Waals surface area contributed by atoms with Crippen LogP contribution in [0.1, 0.15) is 51.8 Å². The molecular weight excluding hydrogens is 426 g/mol. The normalized spacial score (nSPS) is 14.4. The maximum Gasteiger partial charge on any atom is 0.269 e. The van der Waals surface area contributed by atoms with Crippen LogP contribution in [0.15, 0.2) is 23.1 Å². The smallest absolute Gasteiger partial charge is 0.269 e. The van der Waals surface area contributed by atoms with Crippen molar-refractivity contribution in [1.82, 2.24) is 9.62 Å². The molecule has 0 aliphatic carbocycles. The van der Waals surface area contributed by atoms with Crippen molar-refractivity contribution in [3.8, 4) is 0 Å². The molecule has 3 rings (SSSR count). The number of fused-ring (bicyclic) bond motifs is 1. The van der Waals surface area contributed by atoms with E-state index < -0.39 is 10.0 Å². The molecule has 8 heteroatoms. The third-order valence-electron chi connectivity index (χ3n) is 6.89. The maximum atomic E-state index is 13.0. The summed E-state index contributed by atoms with van der Waals surface area (Å²) in [6, 6.07) is 5.10. The Balaban J connectivity index is 1.54. The summed E-state index contributed by atoms with van der Waals surface area (Å²) in [6.07, 6.45) is 2.47. The van der Waals surface area contributed by atoms with Crippen LogP contribution in [-0.4, -0.2) is 37.9 Å². The number of nitro groups is 1. The summed E-state index contributed by atoms with van der Waals surface area (Å²) in [5, 5.41) is 11.0. The average Bonchev–Trinajstić information content (AvgIpc) is 2.75. The van der Waals surface area contributed by atoms with Crippen LogP contribution in [0.5, 0.6) is 0 Å². The summed E-state index contributed by atoms with van der Waals surface area (Å²) < 4.78 is 28.8. The van der Waals surface area contributed by atoms with Gasteiger partial charge < -0.3 is 0 Å². The van der Waals surface area contributed by atoms with Gasteiger partial charge in [-0.2, -0.15) is 0 Å². The molecule has 0 saturated carbocycles. The van der Waals surface area contributed by atoms with Crippen molar-refractivity contribution < 1.29 is 13.3 Å². The summed E-state index contributed by atoms with van der Waals surface area (Å²) in [6.45, 7) is 12.6. The minimum atomic E-state index is -3.57. The number of sulfonamides is 1.